The van der Waals surface area contributed by atoms with Crippen molar-refractivity contribution in [3.63, 3.8) is 0 Å². The summed E-state index contributed by atoms with van der Waals surface area (Å²) >= 11 is 0. The van der Waals surface area contributed by atoms with Gasteiger partial charge in [0.2, 0.25) is 11.8 Å². The number of anilines is 2. The number of nitrogens with two attached hydrogens (primary N) is 1. The molecule has 6 heteroatoms. The van der Waals surface area contributed by atoms with Crippen molar-refractivity contribution in [2.75, 3.05) is 16.8 Å². The summed E-state index contributed by atoms with van der Waals surface area (Å²) in [7, 11) is 0. The number of rotatable bonds is 3. The van der Waals surface area contributed by atoms with Crippen LogP contribution in [-0.4, -0.2) is 24.4 Å². The Morgan fingerprint density at radius 3 is 2.46 bits per heavy atom. The summed E-state index contributed by atoms with van der Waals surface area (Å²) in [4.78, 5) is 26.1. The van der Waals surface area contributed by atoms with Crippen LogP contribution in [0.2, 0.25) is 0 Å². The van der Waals surface area contributed by atoms with Gasteiger partial charge >= 0.3 is 0 Å². The minimum absolute atomic E-state index is 0. The minimum atomic E-state index is -0.0476. The molecule has 0 radical (unpaired) electrons. The second kappa shape index (κ2) is 6.73. The number of amides is 2. The molecule has 2 aliphatic carbocycles. The van der Waals surface area contributed by atoms with E-state index in [-0.39, 0.29) is 36.2 Å². The number of carbonyl (C=O) groups is 2. The Kier molecular flexibility index (Phi) is 4.83. The molecule has 130 valence electrons. The molecule has 1 aliphatic heterocycles. The van der Waals surface area contributed by atoms with Crippen LogP contribution < -0.4 is 16.0 Å². The lowest BCUT2D eigenvalue weighted by atomic mass is 9.84. The molecule has 3 N–H and O–H groups in total. The van der Waals surface area contributed by atoms with Gasteiger partial charge in [-0.25, -0.2) is 0 Å². The van der Waals surface area contributed by atoms with Crippen molar-refractivity contribution in [2.24, 2.45) is 23.5 Å². The number of benzene rings is 1. The second-order valence-corrected chi connectivity index (χ2v) is 7.12. The number of hydrogen-bond donors (Lipinski definition) is 2. The molecule has 4 unspecified atom stereocenters. The van der Waals surface area contributed by atoms with Crippen molar-refractivity contribution >= 4 is 35.6 Å². The van der Waals surface area contributed by atoms with Gasteiger partial charge in [-0.2, -0.15) is 0 Å². The predicted octanol–water partition coefficient (Wildman–Crippen LogP) is 2.55. The molecule has 2 bridgehead atoms. The lowest BCUT2D eigenvalue weighted by Gasteiger charge is -2.27. The van der Waals surface area contributed by atoms with Crippen LogP contribution in [-0.2, 0) is 9.59 Å². The van der Waals surface area contributed by atoms with Crippen LogP contribution >= 0.6 is 12.4 Å². The predicted molar refractivity (Wildman–Crippen MR) is 96.2 cm³/mol. The lowest BCUT2D eigenvalue weighted by molar-refractivity contribution is -0.121. The van der Waals surface area contributed by atoms with E-state index in [1.807, 2.05) is 24.3 Å². The molecule has 1 heterocycles. The van der Waals surface area contributed by atoms with Gasteiger partial charge in [0, 0.05) is 30.4 Å². The van der Waals surface area contributed by atoms with E-state index >= 15 is 0 Å². The Morgan fingerprint density at radius 1 is 1.17 bits per heavy atom. The van der Waals surface area contributed by atoms with Gasteiger partial charge in [0.1, 0.15) is 0 Å². The molecular weight excluding hydrogens is 326 g/mol. The zero-order valence-corrected chi connectivity index (χ0v) is 14.4. The van der Waals surface area contributed by atoms with Crippen LogP contribution in [0.15, 0.2) is 24.3 Å². The monoisotopic (exact) mass is 349 g/mol. The molecule has 1 aromatic rings. The molecular formula is C18H24ClN3O2. The van der Waals surface area contributed by atoms with E-state index in [4.69, 9.17) is 5.73 Å². The van der Waals surface area contributed by atoms with Gasteiger partial charge in [0.15, 0.2) is 0 Å². The topological polar surface area (TPSA) is 75.4 Å². The Morgan fingerprint density at radius 2 is 1.88 bits per heavy atom. The minimum Gasteiger partial charge on any atom is -0.327 e. The normalized spacial score (nSPS) is 31.2. The quantitative estimate of drug-likeness (QED) is 0.880. The maximum Gasteiger partial charge on any atom is 0.229 e. The van der Waals surface area contributed by atoms with Crippen LogP contribution in [0.3, 0.4) is 0 Å². The first-order chi connectivity index (χ1) is 11.1. The van der Waals surface area contributed by atoms with Crippen LogP contribution in [0.25, 0.3) is 0 Å². The summed E-state index contributed by atoms with van der Waals surface area (Å²) in [6.07, 6.45) is 4.95. The van der Waals surface area contributed by atoms with E-state index in [0.717, 1.165) is 37.2 Å². The van der Waals surface area contributed by atoms with Crippen LogP contribution in [0.5, 0.6) is 0 Å². The standard InChI is InChI=1S/C18H23N3O2.ClH/c19-17-12-4-3-11(10-12)16(17)18(23)20-13-5-7-14(8-6-13)21-9-1-2-15(21)22;/h5-8,11-12,16-17H,1-4,9-10,19H2,(H,20,23);1H. The van der Waals surface area contributed by atoms with Crippen molar-refractivity contribution in [1.29, 1.82) is 0 Å². The van der Waals surface area contributed by atoms with Gasteiger partial charge in [0.05, 0.1) is 5.92 Å². The molecule has 1 saturated heterocycles. The van der Waals surface area contributed by atoms with E-state index in [9.17, 15) is 9.59 Å². The fourth-order valence-corrected chi connectivity index (χ4v) is 4.60. The highest BCUT2D eigenvalue weighted by Gasteiger charge is 2.49. The average Bonchev–Trinajstić information content (AvgIpc) is 3.24. The van der Waals surface area contributed by atoms with Crippen molar-refractivity contribution in [3.05, 3.63) is 24.3 Å². The molecule has 4 rings (SSSR count). The zero-order valence-electron chi connectivity index (χ0n) is 13.6. The van der Waals surface area contributed by atoms with Gasteiger partial charge < -0.3 is 16.0 Å². The zero-order chi connectivity index (χ0) is 16.0. The van der Waals surface area contributed by atoms with Crippen molar-refractivity contribution in [2.45, 2.75) is 38.1 Å². The molecule has 3 fully saturated rings. The summed E-state index contributed by atoms with van der Waals surface area (Å²) in [5, 5.41) is 3.01. The van der Waals surface area contributed by atoms with Crippen molar-refractivity contribution < 1.29 is 9.59 Å². The number of nitrogens with one attached hydrogen (secondary N) is 1. The Bertz CT molecular complexity index is 632. The third-order valence-electron chi connectivity index (χ3n) is 5.80. The van der Waals surface area contributed by atoms with Crippen LogP contribution in [0, 0.1) is 17.8 Å². The summed E-state index contributed by atoms with van der Waals surface area (Å²) in [6.45, 7) is 0.782. The first-order valence-corrected chi connectivity index (χ1v) is 8.60. The van der Waals surface area contributed by atoms with Gasteiger partial charge in [0.25, 0.3) is 0 Å². The lowest BCUT2D eigenvalue weighted by Crippen LogP contribution is -2.42. The summed E-state index contributed by atoms with van der Waals surface area (Å²) in [5.41, 5.74) is 7.92. The molecule has 2 saturated carbocycles. The van der Waals surface area contributed by atoms with E-state index in [2.05, 4.69) is 5.32 Å². The van der Waals surface area contributed by atoms with E-state index < -0.39 is 0 Å². The Hall–Kier alpha value is -1.59. The third kappa shape index (κ3) is 2.91. The Labute approximate surface area is 148 Å². The second-order valence-electron chi connectivity index (χ2n) is 7.12. The molecule has 24 heavy (non-hydrogen) atoms. The van der Waals surface area contributed by atoms with Gasteiger partial charge in [-0.1, -0.05) is 0 Å². The van der Waals surface area contributed by atoms with Gasteiger partial charge in [-0.3, -0.25) is 9.59 Å². The highest BCUT2D eigenvalue weighted by molar-refractivity contribution is 5.96. The smallest absolute Gasteiger partial charge is 0.229 e. The highest BCUT2D eigenvalue weighted by atomic mass is 35.5. The molecule has 1 aromatic carbocycles. The number of hydrogen-bond acceptors (Lipinski definition) is 3. The molecule has 5 nitrogen and oxygen atoms in total. The van der Waals surface area contributed by atoms with Crippen LogP contribution in [0.4, 0.5) is 11.4 Å². The first kappa shape index (κ1) is 17.2. The number of carbonyl (C=O) groups excluding carboxylic acids is 2. The number of fused-ring (bicyclic) bond motifs is 2. The maximum atomic E-state index is 12.6. The first-order valence-electron chi connectivity index (χ1n) is 8.60. The van der Waals surface area contributed by atoms with E-state index in [0.29, 0.717) is 18.3 Å². The van der Waals surface area contributed by atoms with E-state index in [1.165, 1.54) is 6.42 Å². The van der Waals surface area contributed by atoms with E-state index in [1.54, 1.807) is 4.90 Å². The Balaban J connectivity index is 0.00000169. The van der Waals surface area contributed by atoms with Crippen molar-refractivity contribution in [3.8, 4) is 0 Å². The fraction of sp³-hybridized carbons (Fsp3) is 0.556. The maximum absolute atomic E-state index is 12.6. The molecule has 0 spiro atoms. The molecule has 2 amide bonds. The SMILES string of the molecule is Cl.NC1C2CCC(C2)C1C(=O)Nc1ccc(N2CCCC2=O)cc1. The molecule has 3 aliphatic rings. The number of halogens is 1. The van der Waals surface area contributed by atoms with Crippen LogP contribution in [0.1, 0.15) is 32.1 Å². The van der Waals surface area contributed by atoms with Crippen molar-refractivity contribution in [1.82, 2.24) is 0 Å². The molecule has 4 atom stereocenters. The summed E-state index contributed by atoms with van der Waals surface area (Å²) < 4.78 is 0. The van der Waals surface area contributed by atoms with Gasteiger partial charge in [-0.05, 0) is 61.8 Å². The fourth-order valence-electron chi connectivity index (χ4n) is 4.60. The summed E-state index contributed by atoms with van der Waals surface area (Å²) in [5.74, 6) is 1.16. The largest absolute Gasteiger partial charge is 0.327 e. The van der Waals surface area contributed by atoms with Gasteiger partial charge in [-0.15, -0.1) is 12.4 Å². The third-order valence-corrected chi connectivity index (χ3v) is 5.80. The molecule has 0 aromatic heterocycles. The summed E-state index contributed by atoms with van der Waals surface area (Å²) in [6, 6.07) is 7.56. The average molecular weight is 350 g/mol. The highest BCUT2D eigenvalue weighted by Crippen LogP contribution is 2.47. The number of nitrogens with zero attached hydrogens (tertiary/aromatic N) is 1.